The van der Waals surface area contributed by atoms with Crippen LogP contribution < -0.4 is 5.32 Å². The van der Waals surface area contributed by atoms with E-state index in [1.54, 1.807) is 6.92 Å². The van der Waals surface area contributed by atoms with Gasteiger partial charge in [0.05, 0.1) is 5.56 Å². The fourth-order valence-corrected chi connectivity index (χ4v) is 1.41. The summed E-state index contributed by atoms with van der Waals surface area (Å²) >= 11 is 11.2. The largest absolute Gasteiger partial charge is 0.480 e. The number of nitrogens with one attached hydrogen (secondary N) is 1. The Kier molecular flexibility index (Phi) is 4.65. The number of rotatable bonds is 4. The highest BCUT2D eigenvalue weighted by molar-refractivity contribution is 6.34. The topological polar surface area (TPSA) is 92.2 Å². The third-order valence-corrected chi connectivity index (χ3v) is 2.44. The summed E-state index contributed by atoms with van der Waals surface area (Å²) in [5, 5.41) is 17.9. The van der Waals surface area contributed by atoms with Crippen LogP contribution in [0.15, 0.2) is 6.07 Å². The van der Waals surface area contributed by atoms with Crippen molar-refractivity contribution in [3.63, 3.8) is 0 Å². The molecule has 1 rings (SSSR count). The molecule has 1 aromatic heterocycles. The van der Waals surface area contributed by atoms with Gasteiger partial charge >= 0.3 is 5.97 Å². The molecule has 1 heterocycles. The van der Waals surface area contributed by atoms with E-state index >= 15 is 0 Å². The first-order valence-electron chi connectivity index (χ1n) is 4.68. The van der Waals surface area contributed by atoms with Crippen molar-refractivity contribution in [2.45, 2.75) is 19.4 Å². The number of carbonyl (C=O) groups excluding carboxylic acids is 1. The zero-order valence-corrected chi connectivity index (χ0v) is 10.3. The molecule has 92 valence electrons. The molecule has 0 aromatic carbocycles. The molecule has 0 radical (unpaired) electrons. The second kappa shape index (κ2) is 5.79. The second-order valence-electron chi connectivity index (χ2n) is 3.14. The van der Waals surface area contributed by atoms with E-state index in [0.29, 0.717) is 0 Å². The van der Waals surface area contributed by atoms with Crippen molar-refractivity contribution in [2.24, 2.45) is 0 Å². The summed E-state index contributed by atoms with van der Waals surface area (Å²) < 4.78 is 0. The van der Waals surface area contributed by atoms with Crippen molar-refractivity contribution in [1.29, 1.82) is 0 Å². The molecule has 0 aliphatic heterocycles. The van der Waals surface area contributed by atoms with E-state index in [0.717, 1.165) is 0 Å². The molecular formula is C9H9Cl2N3O3. The molecule has 1 amide bonds. The highest BCUT2D eigenvalue weighted by Gasteiger charge is 2.20. The fraction of sp³-hybridized carbons (Fsp3) is 0.333. The van der Waals surface area contributed by atoms with Gasteiger partial charge in [-0.2, -0.15) is 0 Å². The maximum absolute atomic E-state index is 11.7. The van der Waals surface area contributed by atoms with Gasteiger partial charge < -0.3 is 10.4 Å². The third kappa shape index (κ3) is 3.54. The van der Waals surface area contributed by atoms with Gasteiger partial charge in [0.15, 0.2) is 10.3 Å². The minimum atomic E-state index is -1.12. The summed E-state index contributed by atoms with van der Waals surface area (Å²) in [5.41, 5.74) is -0.00799. The van der Waals surface area contributed by atoms with Crippen LogP contribution in [0.4, 0.5) is 0 Å². The van der Waals surface area contributed by atoms with Crippen LogP contribution in [-0.2, 0) is 4.79 Å². The summed E-state index contributed by atoms with van der Waals surface area (Å²) in [6, 6.07) is 0.242. The van der Waals surface area contributed by atoms with E-state index in [1.807, 2.05) is 0 Å². The maximum atomic E-state index is 11.7. The van der Waals surface area contributed by atoms with Crippen molar-refractivity contribution >= 4 is 35.1 Å². The van der Waals surface area contributed by atoms with Gasteiger partial charge in [-0.3, -0.25) is 4.79 Å². The van der Waals surface area contributed by atoms with Gasteiger partial charge in [0.2, 0.25) is 0 Å². The molecule has 0 aliphatic rings. The molecule has 2 N–H and O–H groups in total. The number of carboxylic acid groups (broad SMARTS) is 1. The Morgan fingerprint density at radius 2 is 2.12 bits per heavy atom. The summed E-state index contributed by atoms with van der Waals surface area (Å²) in [4.78, 5) is 22.5. The van der Waals surface area contributed by atoms with Gasteiger partial charge in [-0.1, -0.05) is 30.1 Å². The molecule has 1 aromatic rings. The number of amides is 1. The predicted octanol–water partition coefficient (Wildman–Crippen LogP) is 1.38. The van der Waals surface area contributed by atoms with Gasteiger partial charge in [-0.25, -0.2) is 4.79 Å². The lowest BCUT2D eigenvalue weighted by atomic mass is 10.2. The number of aromatic nitrogens is 2. The molecule has 0 bridgehead atoms. The Labute approximate surface area is 107 Å². The maximum Gasteiger partial charge on any atom is 0.326 e. The molecule has 6 nitrogen and oxygen atoms in total. The quantitative estimate of drug-likeness (QED) is 0.867. The fourth-order valence-electron chi connectivity index (χ4n) is 1.09. The smallest absolute Gasteiger partial charge is 0.326 e. The van der Waals surface area contributed by atoms with E-state index < -0.39 is 17.9 Å². The van der Waals surface area contributed by atoms with E-state index in [-0.39, 0.29) is 22.3 Å². The summed E-state index contributed by atoms with van der Waals surface area (Å²) in [6.45, 7) is 1.64. The van der Waals surface area contributed by atoms with Crippen molar-refractivity contribution in [1.82, 2.24) is 15.5 Å². The lowest BCUT2D eigenvalue weighted by Gasteiger charge is -2.12. The second-order valence-corrected chi connectivity index (χ2v) is 3.89. The van der Waals surface area contributed by atoms with Crippen LogP contribution in [0.3, 0.4) is 0 Å². The highest BCUT2D eigenvalue weighted by atomic mass is 35.5. The Bertz CT molecular complexity index is 453. The molecular weight excluding hydrogens is 269 g/mol. The van der Waals surface area contributed by atoms with Gasteiger partial charge in [0, 0.05) is 0 Å². The Balaban J connectivity index is 2.89. The van der Waals surface area contributed by atoms with Crippen LogP contribution >= 0.6 is 23.2 Å². The van der Waals surface area contributed by atoms with Crippen LogP contribution in [0.25, 0.3) is 0 Å². The molecule has 0 aliphatic carbocycles. The van der Waals surface area contributed by atoms with Crippen molar-refractivity contribution in [3.8, 4) is 0 Å². The SMILES string of the molecule is CCC(NC(=O)c1cc(Cl)nnc1Cl)C(=O)O. The number of hydrogen-bond acceptors (Lipinski definition) is 4. The highest BCUT2D eigenvalue weighted by Crippen LogP contribution is 2.15. The summed E-state index contributed by atoms with van der Waals surface area (Å²) in [5.74, 6) is -1.77. The van der Waals surface area contributed by atoms with Crippen molar-refractivity contribution in [2.75, 3.05) is 0 Å². The number of carboxylic acids is 1. The van der Waals surface area contributed by atoms with E-state index in [9.17, 15) is 9.59 Å². The first kappa shape index (κ1) is 13.7. The number of nitrogens with zero attached hydrogens (tertiary/aromatic N) is 2. The summed E-state index contributed by atoms with van der Waals surface area (Å²) in [7, 11) is 0. The zero-order chi connectivity index (χ0) is 13.0. The zero-order valence-electron chi connectivity index (χ0n) is 8.78. The van der Waals surface area contributed by atoms with Crippen LogP contribution in [0.1, 0.15) is 23.7 Å². The molecule has 8 heteroatoms. The Morgan fingerprint density at radius 3 is 2.65 bits per heavy atom. The van der Waals surface area contributed by atoms with Gasteiger partial charge in [-0.05, 0) is 12.5 Å². The van der Waals surface area contributed by atoms with Crippen LogP contribution in [0.5, 0.6) is 0 Å². The molecule has 17 heavy (non-hydrogen) atoms. The molecule has 1 atom stereocenters. The van der Waals surface area contributed by atoms with Crippen molar-refractivity contribution < 1.29 is 14.7 Å². The number of aliphatic carboxylic acids is 1. The van der Waals surface area contributed by atoms with E-state index in [2.05, 4.69) is 15.5 Å². The Hall–Kier alpha value is -1.40. The van der Waals surface area contributed by atoms with Crippen LogP contribution in [-0.4, -0.2) is 33.2 Å². The molecule has 0 saturated carbocycles. The molecule has 0 spiro atoms. The average Bonchev–Trinajstić information content (AvgIpc) is 2.28. The van der Waals surface area contributed by atoms with E-state index in [4.69, 9.17) is 28.3 Å². The van der Waals surface area contributed by atoms with Gasteiger partial charge in [0.1, 0.15) is 6.04 Å². The molecule has 0 fully saturated rings. The lowest BCUT2D eigenvalue weighted by molar-refractivity contribution is -0.139. The normalized spacial score (nSPS) is 11.9. The Morgan fingerprint density at radius 1 is 1.47 bits per heavy atom. The number of halogens is 2. The minimum Gasteiger partial charge on any atom is -0.480 e. The third-order valence-electron chi connectivity index (χ3n) is 1.98. The summed E-state index contributed by atoms with van der Waals surface area (Å²) in [6.07, 6.45) is 0.255. The van der Waals surface area contributed by atoms with E-state index in [1.165, 1.54) is 6.07 Å². The average molecular weight is 278 g/mol. The molecule has 0 saturated heterocycles. The molecule has 1 unspecified atom stereocenters. The van der Waals surface area contributed by atoms with Gasteiger partial charge in [0.25, 0.3) is 5.91 Å². The monoisotopic (exact) mass is 277 g/mol. The standard InChI is InChI=1S/C9H9Cl2N3O3/c1-2-5(9(16)17)12-8(15)4-3-6(10)13-14-7(4)11/h3,5H,2H2,1H3,(H,12,15)(H,16,17). The first-order chi connectivity index (χ1) is 7.95. The minimum absolute atomic E-state index is 0.00271. The van der Waals surface area contributed by atoms with Gasteiger partial charge in [-0.15, -0.1) is 10.2 Å². The first-order valence-corrected chi connectivity index (χ1v) is 5.43. The predicted molar refractivity (Wildman–Crippen MR) is 61.2 cm³/mol. The lowest BCUT2D eigenvalue weighted by Crippen LogP contribution is -2.40. The number of carbonyl (C=O) groups is 2. The van der Waals surface area contributed by atoms with Crippen molar-refractivity contribution in [3.05, 3.63) is 21.9 Å². The number of hydrogen-bond donors (Lipinski definition) is 2. The van der Waals surface area contributed by atoms with Crippen LogP contribution in [0.2, 0.25) is 10.3 Å². The van der Waals surface area contributed by atoms with Crippen LogP contribution in [0, 0.1) is 0 Å².